The van der Waals surface area contributed by atoms with Crippen LogP contribution in [0.2, 0.25) is 0 Å². The van der Waals surface area contributed by atoms with Gasteiger partial charge in [0, 0.05) is 20.9 Å². The Morgan fingerprint density at radius 3 is 2.27 bits per heavy atom. The number of hydrogen-bond donors (Lipinski definition) is 0. The number of fused-ring (bicyclic) bond motifs is 1. The van der Waals surface area contributed by atoms with E-state index in [4.69, 9.17) is 14.2 Å². The van der Waals surface area contributed by atoms with Crippen molar-refractivity contribution in [3.63, 3.8) is 0 Å². The fraction of sp³-hybridized carbons (Fsp3) is 0.300. The number of likely N-dealkylation sites (N-methyl/N-ethyl adjacent to an activating group) is 1. The van der Waals surface area contributed by atoms with E-state index >= 15 is 0 Å². The van der Waals surface area contributed by atoms with E-state index in [-0.39, 0.29) is 4.90 Å². The average Bonchev–Trinajstić information content (AvgIpc) is 3.07. The molecule has 1 aromatic heterocycles. The lowest BCUT2D eigenvalue weighted by atomic mass is 10.2. The lowest BCUT2D eigenvalue weighted by Crippen LogP contribution is -2.19. The molecule has 0 spiro atoms. The normalized spacial score (nSPS) is 11.8. The first kappa shape index (κ1) is 22.9. The topological polar surface area (TPSA) is 70.0 Å². The minimum atomic E-state index is -3.93. The number of nitrogens with zero attached hydrogens (tertiary/aromatic N) is 2. The van der Waals surface area contributed by atoms with E-state index in [1.54, 1.807) is 31.4 Å². The zero-order valence-corrected chi connectivity index (χ0v) is 21.0. The maximum Gasteiger partial charge on any atom is 0.269 e. The summed E-state index contributed by atoms with van der Waals surface area (Å²) in [6.07, 6.45) is 1.50. The predicted molar refractivity (Wildman–Crippen MR) is 124 cm³/mol. The molecular formula is C20H22Br2N2O5S. The summed E-state index contributed by atoms with van der Waals surface area (Å²) >= 11 is 6.84. The second-order valence-corrected chi connectivity index (χ2v) is 10.2. The number of benzene rings is 2. The molecule has 10 heteroatoms. The van der Waals surface area contributed by atoms with Crippen molar-refractivity contribution in [1.29, 1.82) is 0 Å². The molecule has 0 aliphatic rings. The van der Waals surface area contributed by atoms with Crippen molar-refractivity contribution in [3.8, 4) is 17.2 Å². The number of halogens is 2. The van der Waals surface area contributed by atoms with Crippen molar-refractivity contribution in [2.45, 2.75) is 4.90 Å². The van der Waals surface area contributed by atoms with Gasteiger partial charge in [-0.2, -0.15) is 0 Å². The largest absolute Gasteiger partial charge is 0.497 e. The molecule has 0 saturated carbocycles. The van der Waals surface area contributed by atoms with E-state index < -0.39 is 10.0 Å². The molecule has 2 aromatic carbocycles. The van der Waals surface area contributed by atoms with Crippen LogP contribution in [0.5, 0.6) is 17.2 Å². The van der Waals surface area contributed by atoms with Gasteiger partial charge >= 0.3 is 0 Å². The molecule has 3 rings (SSSR count). The second kappa shape index (κ2) is 9.17. The van der Waals surface area contributed by atoms with Crippen LogP contribution in [0.1, 0.15) is 0 Å². The van der Waals surface area contributed by atoms with Crippen molar-refractivity contribution in [3.05, 3.63) is 45.5 Å². The number of rotatable bonds is 8. The molecule has 0 aliphatic carbocycles. The van der Waals surface area contributed by atoms with Crippen LogP contribution in [0.3, 0.4) is 0 Å². The van der Waals surface area contributed by atoms with Crippen LogP contribution >= 0.6 is 31.9 Å². The minimum absolute atomic E-state index is 0.114. The molecule has 0 bridgehead atoms. The van der Waals surface area contributed by atoms with Gasteiger partial charge in [-0.15, -0.1) is 0 Å². The van der Waals surface area contributed by atoms with E-state index in [9.17, 15) is 8.42 Å². The van der Waals surface area contributed by atoms with Gasteiger partial charge in [-0.1, -0.05) is 0 Å². The van der Waals surface area contributed by atoms with E-state index in [1.807, 2.05) is 19.0 Å². The zero-order valence-electron chi connectivity index (χ0n) is 17.0. The summed E-state index contributed by atoms with van der Waals surface area (Å²) in [7, 11) is 3.04. The van der Waals surface area contributed by atoms with Gasteiger partial charge in [0.2, 0.25) is 0 Å². The Bertz CT molecular complexity index is 1180. The van der Waals surface area contributed by atoms with Gasteiger partial charge < -0.3 is 19.1 Å². The highest BCUT2D eigenvalue weighted by molar-refractivity contribution is 9.11. The van der Waals surface area contributed by atoms with E-state index in [0.717, 1.165) is 0 Å². The Morgan fingerprint density at radius 1 is 1.00 bits per heavy atom. The van der Waals surface area contributed by atoms with E-state index in [2.05, 4.69) is 31.9 Å². The second-order valence-electron chi connectivity index (χ2n) is 6.75. The van der Waals surface area contributed by atoms with E-state index in [0.29, 0.717) is 50.2 Å². The maximum absolute atomic E-state index is 13.5. The molecule has 0 unspecified atom stereocenters. The molecule has 1 heterocycles. The van der Waals surface area contributed by atoms with Crippen LogP contribution in [0.25, 0.3) is 10.9 Å². The highest BCUT2D eigenvalue weighted by Crippen LogP contribution is 2.39. The van der Waals surface area contributed by atoms with Crippen LogP contribution in [-0.4, -0.2) is 58.8 Å². The SMILES string of the molecule is COc1ccc(S(=O)(=O)n2cc(OCCN(C)C)c3cc(OC)cc(Br)c32)c(Br)c1. The Labute approximate surface area is 192 Å². The molecule has 0 aliphatic heterocycles. The average molecular weight is 562 g/mol. The fourth-order valence-corrected chi connectivity index (χ4v) is 6.06. The van der Waals surface area contributed by atoms with Crippen molar-refractivity contribution in [1.82, 2.24) is 8.87 Å². The quantitative estimate of drug-likeness (QED) is 0.407. The van der Waals surface area contributed by atoms with Crippen LogP contribution in [0.15, 0.2) is 50.4 Å². The van der Waals surface area contributed by atoms with Crippen molar-refractivity contribution in [2.75, 3.05) is 41.5 Å². The first-order valence-corrected chi connectivity index (χ1v) is 12.0. The van der Waals surface area contributed by atoms with Gasteiger partial charge in [-0.05, 0) is 76.3 Å². The smallest absolute Gasteiger partial charge is 0.269 e. The van der Waals surface area contributed by atoms with Crippen LogP contribution < -0.4 is 14.2 Å². The highest BCUT2D eigenvalue weighted by Gasteiger charge is 2.26. The molecule has 0 atom stereocenters. The number of aromatic nitrogens is 1. The van der Waals surface area contributed by atoms with Crippen molar-refractivity contribution >= 4 is 52.8 Å². The lowest BCUT2D eigenvalue weighted by Gasteiger charge is -2.11. The van der Waals surface area contributed by atoms with Crippen molar-refractivity contribution < 1.29 is 22.6 Å². The number of ether oxygens (including phenoxy) is 3. The molecular weight excluding hydrogens is 540 g/mol. The number of hydrogen-bond acceptors (Lipinski definition) is 6. The van der Waals surface area contributed by atoms with Gasteiger partial charge in [0.25, 0.3) is 10.0 Å². The Balaban J connectivity index is 2.19. The summed E-state index contributed by atoms with van der Waals surface area (Å²) < 4.78 is 45.8. The minimum Gasteiger partial charge on any atom is -0.497 e. The third-order valence-electron chi connectivity index (χ3n) is 4.46. The third-order valence-corrected chi connectivity index (χ3v) is 7.71. The molecule has 162 valence electrons. The van der Waals surface area contributed by atoms with Gasteiger partial charge in [0.05, 0.1) is 25.9 Å². The first-order chi connectivity index (χ1) is 14.2. The summed E-state index contributed by atoms with van der Waals surface area (Å²) in [4.78, 5) is 2.10. The van der Waals surface area contributed by atoms with Gasteiger partial charge in [0.1, 0.15) is 28.8 Å². The number of methoxy groups -OCH3 is 2. The van der Waals surface area contributed by atoms with Gasteiger partial charge in [-0.25, -0.2) is 12.4 Å². The fourth-order valence-electron chi connectivity index (χ4n) is 2.91. The van der Waals surface area contributed by atoms with Crippen LogP contribution in [-0.2, 0) is 10.0 Å². The summed E-state index contributed by atoms with van der Waals surface area (Å²) in [5.41, 5.74) is 0.471. The predicted octanol–water partition coefficient (Wildman–Crippen LogP) is 4.36. The third kappa shape index (κ3) is 4.46. The summed E-state index contributed by atoms with van der Waals surface area (Å²) in [5.74, 6) is 1.60. The molecule has 0 amide bonds. The molecule has 0 radical (unpaired) electrons. The highest BCUT2D eigenvalue weighted by atomic mass is 79.9. The molecule has 7 nitrogen and oxygen atoms in total. The molecule has 0 fully saturated rings. The maximum atomic E-state index is 13.5. The molecule has 30 heavy (non-hydrogen) atoms. The molecule has 3 aromatic rings. The van der Waals surface area contributed by atoms with Crippen molar-refractivity contribution in [2.24, 2.45) is 0 Å². The van der Waals surface area contributed by atoms with Crippen LogP contribution in [0.4, 0.5) is 0 Å². The first-order valence-electron chi connectivity index (χ1n) is 8.94. The Kier molecular flexibility index (Phi) is 7.01. The summed E-state index contributed by atoms with van der Waals surface area (Å²) in [6, 6.07) is 8.22. The zero-order chi connectivity index (χ0) is 22.1. The standard InChI is InChI=1S/C20H22Br2N2O5S/c1-23(2)7-8-29-18-12-24(20-15(18)9-14(28-4)11-17(20)22)30(25,26)19-6-5-13(27-3)10-16(19)21/h5-6,9-12H,7-8H2,1-4H3. The molecule has 0 N–H and O–H groups in total. The molecule has 0 saturated heterocycles. The monoisotopic (exact) mass is 560 g/mol. The van der Waals surface area contributed by atoms with Gasteiger partial charge in [-0.3, -0.25) is 0 Å². The Morgan fingerprint density at radius 2 is 1.67 bits per heavy atom. The van der Waals surface area contributed by atoms with Crippen LogP contribution in [0, 0.1) is 0 Å². The summed E-state index contributed by atoms with van der Waals surface area (Å²) in [5, 5.41) is 0.633. The van der Waals surface area contributed by atoms with E-state index in [1.165, 1.54) is 23.3 Å². The lowest BCUT2D eigenvalue weighted by molar-refractivity contribution is 0.263. The summed E-state index contributed by atoms with van der Waals surface area (Å²) in [6.45, 7) is 1.10. The Hall–Kier alpha value is -1.75. The van der Waals surface area contributed by atoms with Gasteiger partial charge in [0.15, 0.2) is 0 Å².